The summed E-state index contributed by atoms with van der Waals surface area (Å²) in [6, 6.07) is 5.56. The zero-order chi connectivity index (χ0) is 18.8. The van der Waals surface area contributed by atoms with Crippen molar-refractivity contribution in [2.45, 2.75) is 38.5 Å². The number of carbonyl (C=O) groups excluding carboxylic acids is 3. The van der Waals surface area contributed by atoms with E-state index in [9.17, 15) is 19.5 Å². The molecule has 0 saturated heterocycles. The Morgan fingerprint density at radius 2 is 1.76 bits per heavy atom. The van der Waals surface area contributed by atoms with Gasteiger partial charge in [0.1, 0.15) is 5.60 Å². The van der Waals surface area contributed by atoms with E-state index in [0.717, 1.165) is 4.90 Å². The van der Waals surface area contributed by atoms with E-state index in [4.69, 9.17) is 10.5 Å². The van der Waals surface area contributed by atoms with Gasteiger partial charge in [0.2, 0.25) is 0 Å². The van der Waals surface area contributed by atoms with Gasteiger partial charge >= 0.3 is 5.97 Å². The molecular formula is C18H22N2O5. The Morgan fingerprint density at radius 3 is 2.24 bits per heavy atom. The molecule has 0 saturated carbocycles. The Morgan fingerprint density at radius 1 is 1.24 bits per heavy atom. The van der Waals surface area contributed by atoms with Crippen molar-refractivity contribution in [2.75, 3.05) is 6.54 Å². The molecule has 1 aliphatic heterocycles. The predicted molar refractivity (Wildman–Crippen MR) is 90.8 cm³/mol. The molecule has 2 amide bonds. The Hall–Kier alpha value is -2.51. The molecule has 0 bridgehead atoms. The Labute approximate surface area is 146 Å². The molecule has 1 aromatic rings. The van der Waals surface area contributed by atoms with Crippen molar-refractivity contribution >= 4 is 17.8 Å². The minimum atomic E-state index is -1.53. The second kappa shape index (κ2) is 7.16. The molecule has 3 N–H and O–H groups in total. The average Bonchev–Trinajstić information content (AvgIpc) is 2.77. The number of amides is 2. The second-order valence-corrected chi connectivity index (χ2v) is 6.75. The summed E-state index contributed by atoms with van der Waals surface area (Å²) in [5.41, 5.74) is 5.74. The van der Waals surface area contributed by atoms with Gasteiger partial charge in [-0.1, -0.05) is 24.3 Å². The fourth-order valence-electron chi connectivity index (χ4n) is 2.35. The minimum absolute atomic E-state index is 0.00108. The van der Waals surface area contributed by atoms with Crippen molar-refractivity contribution in [3.63, 3.8) is 0 Å². The number of rotatable bonds is 5. The molecular weight excluding hydrogens is 324 g/mol. The van der Waals surface area contributed by atoms with Crippen LogP contribution in [0, 0.1) is 0 Å². The van der Waals surface area contributed by atoms with Crippen LogP contribution in [0.5, 0.6) is 0 Å². The van der Waals surface area contributed by atoms with Gasteiger partial charge in [-0.15, -0.1) is 0 Å². The van der Waals surface area contributed by atoms with Crippen LogP contribution in [0.2, 0.25) is 0 Å². The topological polar surface area (TPSA) is 110 Å². The number of benzene rings is 1. The number of fused-ring (bicyclic) bond motifs is 1. The number of nitrogens with two attached hydrogens (primary N) is 1. The van der Waals surface area contributed by atoms with Crippen molar-refractivity contribution in [1.29, 1.82) is 0 Å². The van der Waals surface area contributed by atoms with Crippen LogP contribution in [-0.4, -0.2) is 52.1 Å². The molecule has 7 nitrogen and oxygen atoms in total. The summed E-state index contributed by atoms with van der Waals surface area (Å²) in [4.78, 5) is 37.2. The fraction of sp³-hybridized carbons (Fsp3) is 0.389. The highest BCUT2D eigenvalue weighted by Crippen LogP contribution is 2.22. The molecule has 1 aliphatic rings. The molecule has 0 aromatic heterocycles. The smallest absolute Gasteiger partial charge is 0.337 e. The van der Waals surface area contributed by atoms with E-state index < -0.39 is 23.7 Å². The molecule has 0 aliphatic carbocycles. The molecule has 1 aromatic carbocycles. The molecule has 2 atom stereocenters. The molecule has 1 heterocycles. The first-order chi connectivity index (χ1) is 11.6. The average molecular weight is 346 g/mol. The highest BCUT2D eigenvalue weighted by Gasteiger charge is 2.34. The molecule has 0 fully saturated rings. The first-order valence-electron chi connectivity index (χ1n) is 7.90. The maximum absolute atomic E-state index is 12.2. The third kappa shape index (κ3) is 4.32. The maximum Gasteiger partial charge on any atom is 0.337 e. The zero-order valence-corrected chi connectivity index (χ0v) is 14.4. The van der Waals surface area contributed by atoms with E-state index >= 15 is 0 Å². The number of ether oxygens (including phenoxy) is 1. The zero-order valence-electron chi connectivity index (χ0n) is 14.4. The fourth-order valence-corrected chi connectivity index (χ4v) is 2.35. The summed E-state index contributed by atoms with van der Waals surface area (Å²) in [6.45, 7) is 5.05. The largest absolute Gasteiger partial charge is 0.458 e. The number of carbonyl (C=O) groups is 3. The Kier molecular flexibility index (Phi) is 5.39. The highest BCUT2D eigenvalue weighted by molar-refractivity contribution is 6.21. The third-order valence-electron chi connectivity index (χ3n) is 3.54. The lowest BCUT2D eigenvalue weighted by Crippen LogP contribution is -2.43. The van der Waals surface area contributed by atoms with Gasteiger partial charge in [-0.05, 0) is 32.9 Å². The van der Waals surface area contributed by atoms with Gasteiger partial charge in [0.15, 0.2) is 6.10 Å². The predicted octanol–water partition coefficient (Wildman–Crippen LogP) is 0.869. The number of hydrogen-bond donors (Lipinski definition) is 2. The van der Waals surface area contributed by atoms with Crippen LogP contribution >= 0.6 is 0 Å². The van der Waals surface area contributed by atoms with Crippen molar-refractivity contribution in [1.82, 2.24) is 4.90 Å². The number of aliphatic hydroxyl groups excluding tert-OH is 1. The molecule has 0 spiro atoms. The van der Waals surface area contributed by atoms with Crippen molar-refractivity contribution in [3.05, 3.63) is 47.5 Å². The van der Waals surface area contributed by atoms with E-state index in [1.165, 1.54) is 12.2 Å². The molecule has 0 radical (unpaired) electrons. The number of esters is 1. The monoisotopic (exact) mass is 346 g/mol. The van der Waals surface area contributed by atoms with E-state index in [1.54, 1.807) is 45.0 Å². The van der Waals surface area contributed by atoms with Crippen molar-refractivity contribution < 1.29 is 24.2 Å². The molecule has 134 valence electrons. The van der Waals surface area contributed by atoms with E-state index in [-0.39, 0.29) is 18.4 Å². The summed E-state index contributed by atoms with van der Waals surface area (Å²) in [6.07, 6.45) is 1.32. The molecule has 2 rings (SSSR count). The van der Waals surface area contributed by atoms with Crippen LogP contribution in [0.1, 0.15) is 41.5 Å². The number of nitrogens with zero attached hydrogens (tertiary/aromatic N) is 1. The number of imide groups is 1. The van der Waals surface area contributed by atoms with Gasteiger partial charge in [-0.3, -0.25) is 14.5 Å². The van der Waals surface area contributed by atoms with Gasteiger partial charge in [-0.2, -0.15) is 0 Å². The number of aliphatic hydroxyl groups is 1. The SMILES string of the molecule is CC(C)(C)OC(=O)C(O)[C@@H](N)C=CCN1C(=O)c2ccccc2C1=O. The second-order valence-electron chi connectivity index (χ2n) is 6.75. The number of hydrogen-bond acceptors (Lipinski definition) is 6. The lowest BCUT2D eigenvalue weighted by atomic mass is 10.1. The van der Waals surface area contributed by atoms with Gasteiger partial charge in [-0.25, -0.2) is 4.79 Å². The van der Waals surface area contributed by atoms with Crippen LogP contribution < -0.4 is 5.73 Å². The van der Waals surface area contributed by atoms with Crippen LogP contribution in [0.3, 0.4) is 0 Å². The molecule has 7 heteroatoms. The molecule has 1 unspecified atom stereocenters. The Bertz CT molecular complexity index is 685. The Balaban J connectivity index is 1.96. The molecule has 25 heavy (non-hydrogen) atoms. The minimum Gasteiger partial charge on any atom is -0.458 e. The standard InChI is InChI=1S/C18H22N2O5/c1-18(2,3)25-17(24)14(21)13(19)9-6-10-20-15(22)11-7-4-5-8-12(11)16(20)23/h4-9,13-14,21H,10,19H2,1-3H3/t13-,14?/m0/s1. The summed E-state index contributed by atoms with van der Waals surface area (Å²) in [5, 5.41) is 9.89. The van der Waals surface area contributed by atoms with Crippen molar-refractivity contribution in [3.8, 4) is 0 Å². The quantitative estimate of drug-likeness (QED) is 0.465. The van der Waals surface area contributed by atoms with Gasteiger partial charge in [0.25, 0.3) is 11.8 Å². The highest BCUT2D eigenvalue weighted by atomic mass is 16.6. The first-order valence-corrected chi connectivity index (χ1v) is 7.90. The third-order valence-corrected chi connectivity index (χ3v) is 3.54. The van der Waals surface area contributed by atoms with Crippen LogP contribution in [0.15, 0.2) is 36.4 Å². The summed E-state index contributed by atoms with van der Waals surface area (Å²) < 4.78 is 5.06. The van der Waals surface area contributed by atoms with E-state index in [0.29, 0.717) is 11.1 Å². The summed E-state index contributed by atoms with van der Waals surface area (Å²) in [7, 11) is 0. The van der Waals surface area contributed by atoms with Crippen molar-refractivity contribution in [2.24, 2.45) is 5.73 Å². The van der Waals surface area contributed by atoms with Crippen LogP contribution in [0.25, 0.3) is 0 Å². The van der Waals surface area contributed by atoms with Gasteiger partial charge in [0, 0.05) is 6.54 Å². The summed E-state index contributed by atoms with van der Waals surface area (Å²) >= 11 is 0. The van der Waals surface area contributed by atoms with Gasteiger partial charge in [0.05, 0.1) is 17.2 Å². The lowest BCUT2D eigenvalue weighted by molar-refractivity contribution is -0.165. The van der Waals surface area contributed by atoms with E-state index in [2.05, 4.69) is 0 Å². The summed E-state index contributed by atoms with van der Waals surface area (Å²) in [5.74, 6) is -1.59. The first kappa shape index (κ1) is 18.8. The van der Waals surface area contributed by atoms with Crippen LogP contribution in [-0.2, 0) is 9.53 Å². The maximum atomic E-state index is 12.2. The van der Waals surface area contributed by atoms with E-state index in [1.807, 2.05) is 0 Å². The lowest BCUT2D eigenvalue weighted by Gasteiger charge is -2.23. The van der Waals surface area contributed by atoms with Crippen LogP contribution in [0.4, 0.5) is 0 Å². The van der Waals surface area contributed by atoms with Gasteiger partial charge < -0.3 is 15.6 Å². The normalized spacial score (nSPS) is 16.9.